The monoisotopic (exact) mass is 295 g/mol. The lowest BCUT2D eigenvalue weighted by Gasteiger charge is -2.26. The van der Waals surface area contributed by atoms with Gasteiger partial charge in [-0.2, -0.15) is 0 Å². The molecule has 1 aliphatic carbocycles. The van der Waals surface area contributed by atoms with Gasteiger partial charge >= 0.3 is 0 Å². The topological polar surface area (TPSA) is 54.9 Å². The van der Waals surface area contributed by atoms with Crippen LogP contribution < -0.4 is 5.32 Å². The Morgan fingerprint density at radius 3 is 2.65 bits per heavy atom. The molecule has 0 aromatic carbocycles. The Kier molecular flexibility index (Phi) is 5.35. The standard InChI is InChI=1S/C15H22ClN3O/c1-10-3-5-12(6-4-10)7-8-17-15-13(9-20)14(16)18-11(2)19-15/h9-10,12H,3-8H2,1-2H3,(H,17,18,19). The number of hydrogen-bond donors (Lipinski definition) is 1. The van der Waals surface area contributed by atoms with Crippen molar-refractivity contribution in [3.8, 4) is 0 Å². The SMILES string of the molecule is Cc1nc(Cl)c(C=O)c(NCCC2CCC(C)CC2)n1. The molecule has 0 radical (unpaired) electrons. The zero-order valence-corrected chi connectivity index (χ0v) is 12.9. The summed E-state index contributed by atoms with van der Waals surface area (Å²) >= 11 is 5.96. The number of hydrogen-bond acceptors (Lipinski definition) is 4. The lowest BCUT2D eigenvalue weighted by Crippen LogP contribution is -2.17. The third kappa shape index (κ3) is 3.92. The molecule has 4 nitrogen and oxygen atoms in total. The van der Waals surface area contributed by atoms with Crippen molar-refractivity contribution in [1.29, 1.82) is 0 Å². The molecule has 0 amide bonds. The number of nitrogens with zero attached hydrogens (tertiary/aromatic N) is 2. The number of carbonyl (C=O) groups excluding carboxylic acids is 1. The molecule has 1 heterocycles. The number of nitrogens with one attached hydrogen (secondary N) is 1. The molecule has 0 spiro atoms. The number of aldehydes is 1. The lowest BCUT2D eigenvalue weighted by atomic mass is 9.81. The highest BCUT2D eigenvalue weighted by atomic mass is 35.5. The van der Waals surface area contributed by atoms with E-state index in [9.17, 15) is 4.79 Å². The van der Waals surface area contributed by atoms with Gasteiger partial charge in [-0.3, -0.25) is 4.79 Å². The van der Waals surface area contributed by atoms with Crippen molar-refractivity contribution in [1.82, 2.24) is 9.97 Å². The number of anilines is 1. The first kappa shape index (κ1) is 15.2. The van der Waals surface area contributed by atoms with Crippen LogP contribution in [0.25, 0.3) is 0 Å². The van der Waals surface area contributed by atoms with E-state index in [-0.39, 0.29) is 5.15 Å². The van der Waals surface area contributed by atoms with Crippen molar-refractivity contribution in [3.63, 3.8) is 0 Å². The number of carbonyl (C=O) groups is 1. The molecule has 0 bridgehead atoms. The second kappa shape index (κ2) is 7.02. The Balaban J connectivity index is 1.89. The van der Waals surface area contributed by atoms with Crippen molar-refractivity contribution in [2.24, 2.45) is 11.8 Å². The van der Waals surface area contributed by atoms with Crippen LogP contribution in [0.2, 0.25) is 5.15 Å². The molecule has 5 heteroatoms. The Labute approximate surface area is 125 Å². The molecule has 1 aromatic rings. The van der Waals surface area contributed by atoms with Crippen molar-refractivity contribution >= 4 is 23.7 Å². The summed E-state index contributed by atoms with van der Waals surface area (Å²) in [6.45, 7) is 4.93. The maximum atomic E-state index is 11.1. The molecule has 0 atom stereocenters. The molecular formula is C15H22ClN3O. The van der Waals surface area contributed by atoms with Crippen LogP contribution in [0.4, 0.5) is 5.82 Å². The fourth-order valence-corrected chi connectivity index (χ4v) is 3.06. The van der Waals surface area contributed by atoms with E-state index in [1.807, 2.05) is 0 Å². The van der Waals surface area contributed by atoms with Crippen molar-refractivity contribution < 1.29 is 4.79 Å². The fraction of sp³-hybridized carbons (Fsp3) is 0.667. The van der Waals surface area contributed by atoms with Gasteiger partial charge in [0.05, 0.1) is 5.56 Å². The summed E-state index contributed by atoms with van der Waals surface area (Å²) in [7, 11) is 0. The van der Waals surface area contributed by atoms with E-state index in [4.69, 9.17) is 11.6 Å². The van der Waals surface area contributed by atoms with E-state index < -0.39 is 0 Å². The second-order valence-corrected chi connectivity index (χ2v) is 6.14. The first-order chi connectivity index (χ1) is 9.60. The molecular weight excluding hydrogens is 274 g/mol. The van der Waals surface area contributed by atoms with Crippen LogP contribution in [0, 0.1) is 18.8 Å². The van der Waals surface area contributed by atoms with Crippen LogP contribution >= 0.6 is 11.6 Å². The van der Waals surface area contributed by atoms with Gasteiger partial charge in [-0.05, 0) is 25.2 Å². The molecule has 110 valence electrons. The Morgan fingerprint density at radius 2 is 2.00 bits per heavy atom. The highest BCUT2D eigenvalue weighted by Gasteiger charge is 2.18. The number of aryl methyl sites for hydroxylation is 1. The maximum Gasteiger partial charge on any atom is 0.156 e. The van der Waals surface area contributed by atoms with Crippen molar-refractivity contribution in [3.05, 3.63) is 16.5 Å². The van der Waals surface area contributed by atoms with Crippen molar-refractivity contribution in [2.45, 2.75) is 46.0 Å². The van der Waals surface area contributed by atoms with Crippen LogP contribution in [0.15, 0.2) is 0 Å². The van der Waals surface area contributed by atoms with Gasteiger partial charge in [0.2, 0.25) is 0 Å². The van der Waals surface area contributed by atoms with Gasteiger partial charge in [-0.15, -0.1) is 0 Å². The third-order valence-electron chi connectivity index (χ3n) is 4.11. The lowest BCUT2D eigenvalue weighted by molar-refractivity contribution is 0.112. The highest BCUT2D eigenvalue weighted by Crippen LogP contribution is 2.30. The Bertz CT molecular complexity index is 470. The van der Waals surface area contributed by atoms with Gasteiger partial charge in [-0.1, -0.05) is 44.2 Å². The molecule has 20 heavy (non-hydrogen) atoms. The average molecular weight is 296 g/mol. The normalized spacial score (nSPS) is 22.6. The van der Waals surface area contributed by atoms with E-state index in [0.717, 1.165) is 24.8 Å². The predicted molar refractivity (Wildman–Crippen MR) is 81.4 cm³/mol. The maximum absolute atomic E-state index is 11.1. The van der Waals surface area contributed by atoms with Crippen LogP contribution in [0.3, 0.4) is 0 Å². The number of aromatic nitrogens is 2. The largest absolute Gasteiger partial charge is 0.369 e. The Morgan fingerprint density at radius 1 is 1.30 bits per heavy atom. The third-order valence-corrected chi connectivity index (χ3v) is 4.40. The van der Waals surface area contributed by atoms with Crippen LogP contribution in [-0.4, -0.2) is 22.8 Å². The summed E-state index contributed by atoms with van der Waals surface area (Å²) in [6, 6.07) is 0. The van der Waals surface area contributed by atoms with E-state index in [2.05, 4.69) is 22.2 Å². The average Bonchev–Trinajstić information content (AvgIpc) is 2.40. The second-order valence-electron chi connectivity index (χ2n) is 5.78. The van der Waals surface area contributed by atoms with Gasteiger partial charge in [0, 0.05) is 6.54 Å². The van der Waals surface area contributed by atoms with Gasteiger partial charge in [0.25, 0.3) is 0 Å². The van der Waals surface area contributed by atoms with E-state index in [0.29, 0.717) is 23.5 Å². The first-order valence-corrected chi connectivity index (χ1v) is 7.71. The van der Waals surface area contributed by atoms with Crippen LogP contribution in [0.5, 0.6) is 0 Å². The van der Waals surface area contributed by atoms with Crippen LogP contribution in [-0.2, 0) is 0 Å². The zero-order chi connectivity index (χ0) is 14.5. The summed E-state index contributed by atoms with van der Waals surface area (Å²) in [6.07, 6.45) is 7.13. The predicted octanol–water partition coefficient (Wildman–Crippen LogP) is 3.88. The van der Waals surface area contributed by atoms with Crippen LogP contribution in [0.1, 0.15) is 55.2 Å². The smallest absolute Gasteiger partial charge is 0.156 e. The van der Waals surface area contributed by atoms with E-state index in [1.165, 1.54) is 25.7 Å². The number of halogens is 1. The molecule has 1 N–H and O–H groups in total. The molecule has 0 aliphatic heterocycles. The molecule has 0 saturated heterocycles. The molecule has 2 rings (SSSR count). The molecule has 1 fully saturated rings. The van der Waals surface area contributed by atoms with Gasteiger partial charge in [0.1, 0.15) is 16.8 Å². The summed E-state index contributed by atoms with van der Waals surface area (Å²) in [5.41, 5.74) is 0.356. The van der Waals surface area contributed by atoms with Gasteiger partial charge in [0.15, 0.2) is 6.29 Å². The highest BCUT2D eigenvalue weighted by molar-refractivity contribution is 6.32. The minimum atomic E-state index is 0.224. The number of rotatable bonds is 5. The summed E-state index contributed by atoms with van der Waals surface area (Å²) < 4.78 is 0. The molecule has 1 aromatic heterocycles. The summed E-state index contributed by atoms with van der Waals surface area (Å²) in [4.78, 5) is 19.3. The quantitative estimate of drug-likeness (QED) is 0.661. The molecule has 0 unspecified atom stereocenters. The summed E-state index contributed by atoms with van der Waals surface area (Å²) in [5, 5.41) is 3.46. The first-order valence-electron chi connectivity index (χ1n) is 7.33. The van der Waals surface area contributed by atoms with Gasteiger partial charge in [-0.25, -0.2) is 9.97 Å². The minimum absolute atomic E-state index is 0.224. The van der Waals surface area contributed by atoms with Gasteiger partial charge < -0.3 is 5.32 Å². The van der Waals surface area contributed by atoms with E-state index in [1.54, 1.807) is 6.92 Å². The Hall–Kier alpha value is -1.16. The molecule has 1 saturated carbocycles. The fourth-order valence-electron chi connectivity index (χ4n) is 2.80. The van der Waals surface area contributed by atoms with Crippen molar-refractivity contribution in [2.75, 3.05) is 11.9 Å². The minimum Gasteiger partial charge on any atom is -0.369 e. The molecule has 1 aliphatic rings. The van der Waals surface area contributed by atoms with E-state index >= 15 is 0 Å². The zero-order valence-electron chi connectivity index (χ0n) is 12.2. The summed E-state index contributed by atoms with van der Waals surface area (Å²) in [5.74, 6) is 2.80.